The number of esters is 1. The van der Waals surface area contributed by atoms with Gasteiger partial charge in [-0.3, -0.25) is 4.79 Å². The molecule has 0 aliphatic heterocycles. The molecule has 122 valence electrons. The predicted molar refractivity (Wildman–Crippen MR) is 86.0 cm³/mol. The molecule has 0 fully saturated rings. The highest BCUT2D eigenvalue weighted by Crippen LogP contribution is 2.04. The Morgan fingerprint density at radius 1 is 1.18 bits per heavy atom. The number of carbonyl (C=O) groups is 2. The number of rotatable bonds is 10. The van der Waals surface area contributed by atoms with Crippen molar-refractivity contribution in [1.82, 2.24) is 5.32 Å². The molecule has 0 saturated carbocycles. The first-order valence-corrected chi connectivity index (χ1v) is 7.87. The molecule has 0 aliphatic rings. The highest BCUT2D eigenvalue weighted by atomic mass is 16.5. The van der Waals surface area contributed by atoms with Crippen LogP contribution in [0.2, 0.25) is 0 Å². The lowest BCUT2D eigenvalue weighted by Gasteiger charge is -2.16. The number of carbonyl (C=O) groups excluding carboxylic acids is 2. The second kappa shape index (κ2) is 10.8. The number of nitrogens with two attached hydrogens (primary N) is 1. The third kappa shape index (κ3) is 7.22. The Morgan fingerprint density at radius 2 is 1.91 bits per heavy atom. The van der Waals surface area contributed by atoms with Crippen molar-refractivity contribution in [3.63, 3.8) is 0 Å². The van der Waals surface area contributed by atoms with Crippen molar-refractivity contribution in [2.24, 2.45) is 5.73 Å². The Hall–Kier alpha value is -1.88. The van der Waals surface area contributed by atoms with Crippen LogP contribution in [0.1, 0.15) is 44.6 Å². The Labute approximate surface area is 132 Å². The van der Waals surface area contributed by atoms with Gasteiger partial charge in [-0.2, -0.15) is 0 Å². The van der Waals surface area contributed by atoms with E-state index in [2.05, 4.69) is 12.2 Å². The highest BCUT2D eigenvalue weighted by Gasteiger charge is 2.20. The number of benzene rings is 1. The molecule has 0 bridgehead atoms. The Balaban J connectivity index is 2.32. The molecule has 1 atom stereocenters. The number of ether oxygens (including phenoxy) is 1. The van der Waals surface area contributed by atoms with Gasteiger partial charge >= 0.3 is 5.97 Å². The summed E-state index contributed by atoms with van der Waals surface area (Å²) in [6, 6.07) is 8.62. The molecule has 1 rings (SSSR count). The molecule has 22 heavy (non-hydrogen) atoms. The quantitative estimate of drug-likeness (QED) is 0.512. The van der Waals surface area contributed by atoms with Crippen LogP contribution >= 0.6 is 0 Å². The maximum atomic E-state index is 11.9. The van der Waals surface area contributed by atoms with E-state index in [1.165, 1.54) is 0 Å². The number of hydrogen-bond acceptors (Lipinski definition) is 4. The van der Waals surface area contributed by atoms with Crippen LogP contribution in [-0.4, -0.2) is 24.5 Å². The fourth-order valence-electron chi connectivity index (χ4n) is 2.02. The highest BCUT2D eigenvalue weighted by molar-refractivity contribution is 5.84. The molecular weight excluding hydrogens is 280 g/mol. The van der Waals surface area contributed by atoms with E-state index < -0.39 is 12.0 Å². The summed E-state index contributed by atoms with van der Waals surface area (Å²) in [7, 11) is 0. The molecule has 0 saturated heterocycles. The van der Waals surface area contributed by atoms with Crippen LogP contribution in [0, 0.1) is 0 Å². The zero-order chi connectivity index (χ0) is 16.2. The zero-order valence-corrected chi connectivity index (χ0v) is 13.2. The van der Waals surface area contributed by atoms with Crippen LogP contribution in [0.15, 0.2) is 30.3 Å². The van der Waals surface area contributed by atoms with Gasteiger partial charge in [0, 0.05) is 13.0 Å². The van der Waals surface area contributed by atoms with Crippen molar-refractivity contribution in [2.75, 3.05) is 6.54 Å². The topological polar surface area (TPSA) is 81.4 Å². The number of hydrogen-bond donors (Lipinski definition) is 2. The van der Waals surface area contributed by atoms with Crippen molar-refractivity contribution >= 4 is 11.9 Å². The van der Waals surface area contributed by atoms with E-state index in [-0.39, 0.29) is 19.1 Å². The van der Waals surface area contributed by atoms with Crippen LogP contribution in [0.5, 0.6) is 0 Å². The van der Waals surface area contributed by atoms with E-state index in [9.17, 15) is 9.59 Å². The van der Waals surface area contributed by atoms with Gasteiger partial charge in [-0.25, -0.2) is 4.79 Å². The number of nitrogens with one attached hydrogen (secondary N) is 1. The first-order chi connectivity index (χ1) is 10.7. The Morgan fingerprint density at radius 3 is 2.55 bits per heavy atom. The van der Waals surface area contributed by atoms with Gasteiger partial charge in [-0.05, 0) is 12.0 Å². The van der Waals surface area contributed by atoms with E-state index in [0.717, 1.165) is 31.2 Å². The summed E-state index contributed by atoms with van der Waals surface area (Å²) in [5.74, 6) is -0.642. The molecule has 0 heterocycles. The first kappa shape index (κ1) is 18.2. The SMILES string of the molecule is CCCCCCC(=O)N[C@H](CN)C(=O)OCc1ccccc1. The largest absolute Gasteiger partial charge is 0.459 e. The average molecular weight is 306 g/mol. The summed E-state index contributed by atoms with van der Waals surface area (Å²) in [6.07, 6.45) is 4.51. The molecule has 0 aliphatic carbocycles. The molecule has 0 aromatic heterocycles. The van der Waals surface area contributed by atoms with Crippen LogP contribution in [-0.2, 0) is 20.9 Å². The summed E-state index contributed by atoms with van der Waals surface area (Å²) in [6.45, 7) is 2.34. The smallest absolute Gasteiger partial charge is 0.330 e. The van der Waals surface area contributed by atoms with E-state index in [0.29, 0.717) is 6.42 Å². The van der Waals surface area contributed by atoms with Gasteiger partial charge in [0.25, 0.3) is 0 Å². The van der Waals surface area contributed by atoms with Gasteiger partial charge in [0.1, 0.15) is 12.6 Å². The van der Waals surface area contributed by atoms with Gasteiger partial charge in [0.15, 0.2) is 0 Å². The minimum absolute atomic E-state index is 0.0360. The second-order valence-electron chi connectivity index (χ2n) is 5.26. The van der Waals surface area contributed by atoms with Crippen molar-refractivity contribution in [1.29, 1.82) is 0 Å². The minimum Gasteiger partial charge on any atom is -0.459 e. The maximum Gasteiger partial charge on any atom is 0.330 e. The molecule has 0 spiro atoms. The minimum atomic E-state index is -0.776. The average Bonchev–Trinajstić information content (AvgIpc) is 2.55. The lowest BCUT2D eigenvalue weighted by atomic mass is 10.1. The van der Waals surface area contributed by atoms with Crippen molar-refractivity contribution < 1.29 is 14.3 Å². The monoisotopic (exact) mass is 306 g/mol. The van der Waals surface area contributed by atoms with E-state index in [1.807, 2.05) is 30.3 Å². The molecule has 0 unspecified atom stereocenters. The second-order valence-corrected chi connectivity index (χ2v) is 5.26. The van der Waals surface area contributed by atoms with Crippen LogP contribution in [0.3, 0.4) is 0 Å². The van der Waals surface area contributed by atoms with Crippen molar-refractivity contribution in [2.45, 2.75) is 51.7 Å². The van der Waals surface area contributed by atoms with Crippen molar-refractivity contribution in [3.05, 3.63) is 35.9 Å². The lowest BCUT2D eigenvalue weighted by molar-refractivity contribution is -0.148. The normalized spacial score (nSPS) is 11.7. The molecule has 1 amide bonds. The van der Waals surface area contributed by atoms with E-state index >= 15 is 0 Å². The van der Waals surface area contributed by atoms with Gasteiger partial charge in [-0.15, -0.1) is 0 Å². The van der Waals surface area contributed by atoms with Crippen LogP contribution in [0.25, 0.3) is 0 Å². The molecule has 0 radical (unpaired) electrons. The van der Waals surface area contributed by atoms with Crippen molar-refractivity contribution in [3.8, 4) is 0 Å². The van der Waals surface area contributed by atoms with Gasteiger partial charge in [0.2, 0.25) is 5.91 Å². The molecule has 1 aromatic rings. The van der Waals surface area contributed by atoms with Crippen LogP contribution in [0.4, 0.5) is 0 Å². The summed E-state index contributed by atoms with van der Waals surface area (Å²) >= 11 is 0. The molecule has 5 nitrogen and oxygen atoms in total. The number of amides is 1. The van der Waals surface area contributed by atoms with E-state index in [1.54, 1.807) is 0 Å². The fraction of sp³-hybridized carbons (Fsp3) is 0.529. The predicted octanol–water partition coefficient (Wildman–Crippen LogP) is 2.14. The van der Waals surface area contributed by atoms with E-state index in [4.69, 9.17) is 10.5 Å². The van der Waals surface area contributed by atoms with Gasteiger partial charge in [-0.1, -0.05) is 56.5 Å². The molecule has 1 aromatic carbocycles. The standard InChI is InChI=1S/C17H26N2O3/c1-2-3-4-8-11-16(20)19-15(12-18)17(21)22-13-14-9-6-5-7-10-14/h5-7,9-10,15H,2-4,8,11-13,18H2,1H3,(H,19,20)/t15-/m1/s1. The molecule has 3 N–H and O–H groups in total. The lowest BCUT2D eigenvalue weighted by Crippen LogP contribution is -2.46. The van der Waals surface area contributed by atoms with Gasteiger partial charge in [0.05, 0.1) is 0 Å². The summed E-state index contributed by atoms with van der Waals surface area (Å²) in [5, 5.41) is 2.64. The Bertz CT molecular complexity index is 448. The third-order valence-corrected chi connectivity index (χ3v) is 3.34. The zero-order valence-electron chi connectivity index (χ0n) is 13.2. The first-order valence-electron chi connectivity index (χ1n) is 7.87. The maximum absolute atomic E-state index is 11.9. The van der Waals surface area contributed by atoms with Gasteiger partial charge < -0.3 is 15.8 Å². The fourth-order valence-corrected chi connectivity index (χ4v) is 2.02. The number of unbranched alkanes of at least 4 members (excludes halogenated alkanes) is 3. The third-order valence-electron chi connectivity index (χ3n) is 3.34. The molecule has 5 heteroatoms. The molecular formula is C17H26N2O3. The summed E-state index contributed by atoms with van der Waals surface area (Å²) < 4.78 is 5.19. The van der Waals surface area contributed by atoms with Crippen LogP contribution < -0.4 is 11.1 Å². The summed E-state index contributed by atoms with van der Waals surface area (Å²) in [5.41, 5.74) is 6.45. The Kier molecular flexibility index (Phi) is 8.91. The summed E-state index contributed by atoms with van der Waals surface area (Å²) in [4.78, 5) is 23.7.